The molecular weight excluding hydrogens is 528 g/mol. The second kappa shape index (κ2) is 14.8. The molecule has 0 aromatic carbocycles. The average molecular weight is 593 g/mol. The van der Waals surface area contributed by atoms with Gasteiger partial charge in [-0.2, -0.15) is 0 Å². The van der Waals surface area contributed by atoms with Gasteiger partial charge in [0.15, 0.2) is 0 Å². The van der Waals surface area contributed by atoms with Crippen LogP contribution in [-0.4, -0.2) is 28.8 Å². The molecule has 0 aromatic rings. The quantitative estimate of drug-likeness (QED) is 0.188. The predicted octanol–water partition coefficient (Wildman–Crippen LogP) is 10.9. The maximum atomic E-state index is 7.82. The van der Waals surface area contributed by atoms with E-state index in [2.05, 4.69) is 83.1 Å². The minimum absolute atomic E-state index is 0.216. The molecule has 2 aliphatic carbocycles. The SMILES string of the molecule is CC(C)[Si]([O][Ti]([O]C1CCCCC1)([O]C1CCCCC1)[O][Si](C(C)C)(C(C)C)C(C)C)(C(C)C)C(C)C. The van der Waals surface area contributed by atoms with Gasteiger partial charge in [-0.3, -0.25) is 0 Å². The standard InChI is InChI=1S/2C9H21OSi.2C6H11O.Ti/c2*1-7(2)11(10,8(3)4)9(5)6;2*7-6-4-2-1-3-5-6;/h2*7-9H,1-6H3;2*6H,1-5H2;/q4*-1;+4. The summed E-state index contributed by atoms with van der Waals surface area (Å²) in [5, 5.41) is 0. The Kier molecular flexibility index (Phi) is 13.6. The first-order chi connectivity index (χ1) is 17.2. The first-order valence-corrected chi connectivity index (χ1v) is 22.8. The second-order valence-electron chi connectivity index (χ2n) is 14.1. The minimum atomic E-state index is -4.23. The third kappa shape index (κ3) is 8.05. The van der Waals surface area contributed by atoms with E-state index in [1.165, 1.54) is 38.5 Å². The van der Waals surface area contributed by atoms with Crippen molar-refractivity contribution in [1.29, 1.82) is 0 Å². The van der Waals surface area contributed by atoms with Crippen molar-refractivity contribution < 1.29 is 30.8 Å². The van der Waals surface area contributed by atoms with Gasteiger partial charge in [0.1, 0.15) is 0 Å². The van der Waals surface area contributed by atoms with Gasteiger partial charge in [0, 0.05) is 0 Å². The number of rotatable bonds is 14. The van der Waals surface area contributed by atoms with Crippen LogP contribution in [-0.2, 0) is 30.8 Å². The zero-order valence-electron chi connectivity index (χ0n) is 26.8. The monoisotopic (exact) mass is 592 g/mol. The maximum absolute atomic E-state index is 7.82. The third-order valence-electron chi connectivity index (χ3n) is 9.74. The fraction of sp³-hybridized carbons (Fsp3) is 1.00. The summed E-state index contributed by atoms with van der Waals surface area (Å²) in [7, 11) is -4.61. The Hall–Kier alpha value is 0.988. The van der Waals surface area contributed by atoms with Crippen LogP contribution >= 0.6 is 0 Å². The van der Waals surface area contributed by atoms with Crippen LogP contribution in [0.3, 0.4) is 0 Å². The van der Waals surface area contributed by atoms with E-state index >= 15 is 0 Å². The molecule has 37 heavy (non-hydrogen) atoms. The number of hydrogen-bond acceptors (Lipinski definition) is 4. The van der Waals surface area contributed by atoms with Crippen molar-refractivity contribution >= 4 is 16.6 Å². The van der Waals surface area contributed by atoms with Crippen LogP contribution in [0.5, 0.6) is 0 Å². The summed E-state index contributed by atoms with van der Waals surface area (Å²) < 4.78 is 30.4. The Morgan fingerprint density at radius 3 is 0.892 bits per heavy atom. The summed E-state index contributed by atoms with van der Waals surface area (Å²) in [5.41, 5.74) is 2.83. The molecule has 0 radical (unpaired) electrons. The third-order valence-corrected chi connectivity index (χ3v) is 29.4. The second-order valence-corrected chi connectivity index (χ2v) is 29.1. The fourth-order valence-electron chi connectivity index (χ4n) is 8.06. The van der Waals surface area contributed by atoms with Crippen LogP contribution in [0.1, 0.15) is 147 Å². The molecule has 7 heteroatoms. The average Bonchev–Trinajstić information content (AvgIpc) is 2.81. The van der Waals surface area contributed by atoms with E-state index in [0.29, 0.717) is 33.2 Å². The van der Waals surface area contributed by atoms with Crippen LogP contribution in [0.4, 0.5) is 0 Å². The van der Waals surface area contributed by atoms with Gasteiger partial charge >= 0.3 is 240 Å². The topological polar surface area (TPSA) is 36.9 Å². The Balaban J connectivity index is 2.73. The summed E-state index contributed by atoms with van der Waals surface area (Å²) in [6.07, 6.45) is 12.5. The molecule has 2 fully saturated rings. The molecule has 2 rings (SSSR count). The summed E-state index contributed by atoms with van der Waals surface area (Å²) >= 11 is -4.23. The van der Waals surface area contributed by atoms with Gasteiger partial charge in [-0.05, 0) is 0 Å². The summed E-state index contributed by atoms with van der Waals surface area (Å²) in [5.74, 6) is 0. The van der Waals surface area contributed by atoms with Gasteiger partial charge in [-0.15, -0.1) is 0 Å². The summed E-state index contributed by atoms with van der Waals surface area (Å²) in [4.78, 5) is 0. The van der Waals surface area contributed by atoms with E-state index in [1.54, 1.807) is 0 Å². The van der Waals surface area contributed by atoms with Crippen LogP contribution in [0, 0.1) is 0 Å². The molecule has 0 spiro atoms. The molecule has 0 saturated heterocycles. The van der Waals surface area contributed by atoms with Crippen LogP contribution < -0.4 is 0 Å². The molecular formula is C30H64O4Si2Ti. The fourth-order valence-corrected chi connectivity index (χ4v) is 33.0. The molecule has 220 valence electrons. The van der Waals surface area contributed by atoms with Crippen molar-refractivity contribution in [3.8, 4) is 0 Å². The Bertz CT molecular complexity index is 556. The molecule has 2 saturated carbocycles. The molecule has 0 N–H and O–H groups in total. The Labute approximate surface area is 239 Å². The molecule has 0 amide bonds. The van der Waals surface area contributed by atoms with Gasteiger partial charge in [-0.25, -0.2) is 0 Å². The first kappa shape index (κ1) is 34.2. The molecule has 0 aliphatic heterocycles. The molecule has 0 heterocycles. The molecule has 0 bridgehead atoms. The van der Waals surface area contributed by atoms with Gasteiger partial charge in [0.25, 0.3) is 0 Å². The zero-order valence-corrected chi connectivity index (χ0v) is 30.4. The predicted molar refractivity (Wildman–Crippen MR) is 160 cm³/mol. The van der Waals surface area contributed by atoms with Gasteiger partial charge in [0.2, 0.25) is 0 Å². The van der Waals surface area contributed by atoms with E-state index in [9.17, 15) is 0 Å². The summed E-state index contributed by atoms with van der Waals surface area (Å²) in [6.45, 7) is 28.6. The zero-order chi connectivity index (χ0) is 28.0. The molecule has 0 atom stereocenters. The van der Waals surface area contributed by atoms with Crippen molar-refractivity contribution in [2.45, 2.75) is 193 Å². The molecule has 4 nitrogen and oxygen atoms in total. The summed E-state index contributed by atoms with van der Waals surface area (Å²) in [6, 6.07) is 0. The van der Waals surface area contributed by atoms with Crippen LogP contribution in [0.2, 0.25) is 33.2 Å². The van der Waals surface area contributed by atoms with Gasteiger partial charge in [0.05, 0.1) is 0 Å². The number of hydrogen-bond donors (Lipinski definition) is 0. The normalized spacial score (nSPS) is 19.9. The first-order valence-electron chi connectivity index (χ1n) is 16.0. The van der Waals surface area contributed by atoms with E-state index in [0.717, 1.165) is 25.7 Å². The van der Waals surface area contributed by atoms with Crippen molar-refractivity contribution in [1.82, 2.24) is 0 Å². The van der Waals surface area contributed by atoms with E-state index < -0.39 is 34.8 Å². The van der Waals surface area contributed by atoms with Crippen molar-refractivity contribution in [2.75, 3.05) is 0 Å². The Morgan fingerprint density at radius 2 is 0.676 bits per heavy atom. The molecule has 0 aromatic heterocycles. The van der Waals surface area contributed by atoms with E-state index in [-0.39, 0.29) is 12.2 Å². The Morgan fingerprint density at radius 1 is 0.432 bits per heavy atom. The van der Waals surface area contributed by atoms with E-state index in [4.69, 9.17) is 12.7 Å². The van der Waals surface area contributed by atoms with Crippen LogP contribution in [0.25, 0.3) is 0 Å². The molecule has 2 aliphatic rings. The van der Waals surface area contributed by atoms with E-state index in [1.807, 2.05) is 0 Å². The van der Waals surface area contributed by atoms with Crippen molar-refractivity contribution in [3.63, 3.8) is 0 Å². The van der Waals surface area contributed by atoms with Crippen molar-refractivity contribution in [2.24, 2.45) is 0 Å². The van der Waals surface area contributed by atoms with Gasteiger partial charge in [-0.1, -0.05) is 0 Å². The van der Waals surface area contributed by atoms with Crippen molar-refractivity contribution in [3.05, 3.63) is 0 Å². The van der Waals surface area contributed by atoms with Gasteiger partial charge < -0.3 is 0 Å². The molecule has 0 unspecified atom stereocenters. The van der Waals surface area contributed by atoms with Crippen LogP contribution in [0.15, 0.2) is 0 Å².